The average Bonchev–Trinajstić information content (AvgIpc) is 2.36. The van der Waals surface area contributed by atoms with Gasteiger partial charge in [-0.15, -0.1) is 0 Å². The first-order chi connectivity index (χ1) is 7.00. The summed E-state index contributed by atoms with van der Waals surface area (Å²) in [5, 5.41) is 14.9. The van der Waals surface area contributed by atoms with Crippen LogP contribution in [0.1, 0.15) is 31.5 Å². The molecule has 0 bridgehead atoms. The Morgan fingerprint density at radius 3 is 2.60 bits per heavy atom. The molecule has 0 radical (unpaired) electrons. The van der Waals surface area contributed by atoms with Crippen LogP contribution in [0.2, 0.25) is 0 Å². The van der Waals surface area contributed by atoms with Gasteiger partial charge < -0.3 is 5.73 Å². The molecule has 6 heteroatoms. The zero-order chi connectivity index (χ0) is 11.2. The predicted molar refractivity (Wildman–Crippen MR) is 55.5 cm³/mol. The minimum Gasteiger partial charge on any atom is -0.378 e. The number of rotatable bonds is 2. The molecular weight excluding hydrogens is 196 g/mol. The van der Waals surface area contributed by atoms with E-state index in [9.17, 15) is 10.1 Å². The van der Waals surface area contributed by atoms with Gasteiger partial charge in [-0.05, 0) is 25.7 Å². The summed E-state index contributed by atoms with van der Waals surface area (Å²) < 4.78 is 1.60. The summed E-state index contributed by atoms with van der Waals surface area (Å²) in [5.41, 5.74) is 6.07. The highest BCUT2D eigenvalue weighted by Gasteiger charge is 2.33. The maximum absolute atomic E-state index is 10.7. The zero-order valence-electron chi connectivity index (χ0n) is 8.80. The maximum atomic E-state index is 10.7. The molecule has 0 aliphatic heterocycles. The number of nitrogens with two attached hydrogens (primary N) is 1. The molecule has 0 saturated heterocycles. The summed E-state index contributed by atoms with van der Waals surface area (Å²) in [4.78, 5) is 10.3. The van der Waals surface area contributed by atoms with Crippen molar-refractivity contribution in [2.24, 2.45) is 5.92 Å². The smallest absolute Gasteiger partial charge is 0.333 e. The van der Waals surface area contributed by atoms with Crippen molar-refractivity contribution in [1.29, 1.82) is 0 Å². The third-order valence-corrected chi connectivity index (χ3v) is 2.97. The lowest BCUT2D eigenvalue weighted by atomic mass is 9.82. The summed E-state index contributed by atoms with van der Waals surface area (Å²) in [7, 11) is 0. The molecule has 1 aliphatic rings. The van der Waals surface area contributed by atoms with Crippen molar-refractivity contribution in [3.05, 3.63) is 15.8 Å². The van der Waals surface area contributed by atoms with Crippen molar-refractivity contribution in [1.82, 2.24) is 9.78 Å². The fraction of sp³-hybridized carbons (Fsp3) is 0.667. The molecule has 0 unspecified atom stereocenters. The third-order valence-electron chi connectivity index (χ3n) is 2.97. The number of nitrogen functional groups attached to an aromatic ring is 1. The van der Waals surface area contributed by atoms with Gasteiger partial charge in [-0.1, -0.05) is 6.92 Å². The van der Waals surface area contributed by atoms with E-state index < -0.39 is 4.92 Å². The lowest BCUT2D eigenvalue weighted by Crippen LogP contribution is -2.26. The van der Waals surface area contributed by atoms with Crippen molar-refractivity contribution in [3.8, 4) is 0 Å². The second-order valence-corrected chi connectivity index (χ2v) is 4.25. The van der Waals surface area contributed by atoms with Gasteiger partial charge in [-0.2, -0.15) is 5.10 Å². The number of hydrogen-bond acceptors (Lipinski definition) is 4. The number of anilines is 1. The number of nitrogens with zero attached hydrogens (tertiary/aromatic N) is 3. The Balaban J connectivity index is 2.34. The Kier molecular flexibility index (Phi) is 2.13. The largest absolute Gasteiger partial charge is 0.378 e. The second kappa shape index (κ2) is 3.22. The van der Waals surface area contributed by atoms with Crippen molar-refractivity contribution in [3.63, 3.8) is 0 Å². The molecule has 15 heavy (non-hydrogen) atoms. The normalized spacial score (nSPS) is 24.9. The molecule has 1 heterocycles. The van der Waals surface area contributed by atoms with E-state index in [1.165, 1.54) is 0 Å². The van der Waals surface area contributed by atoms with Gasteiger partial charge in [0, 0.05) is 0 Å². The van der Waals surface area contributed by atoms with E-state index in [1.807, 2.05) is 0 Å². The number of nitro groups is 1. The van der Waals surface area contributed by atoms with Crippen LogP contribution in [0.5, 0.6) is 0 Å². The first-order valence-corrected chi connectivity index (χ1v) is 4.99. The number of aryl methyl sites for hydroxylation is 1. The fourth-order valence-electron chi connectivity index (χ4n) is 2.12. The molecule has 1 fully saturated rings. The van der Waals surface area contributed by atoms with Gasteiger partial charge in [-0.3, -0.25) is 10.1 Å². The molecule has 0 atom stereocenters. The molecule has 82 valence electrons. The highest BCUT2D eigenvalue weighted by molar-refractivity contribution is 5.56. The standard InChI is InChI=1S/C9H14N4O2/c1-5-3-7(4-5)12-9(10)8(13(14)15)6(2)11-12/h5,7H,3-4,10H2,1-2H3. The molecule has 0 amide bonds. The molecule has 0 aromatic carbocycles. The molecule has 0 spiro atoms. The van der Waals surface area contributed by atoms with E-state index in [-0.39, 0.29) is 17.5 Å². The van der Waals surface area contributed by atoms with E-state index in [0.29, 0.717) is 11.6 Å². The zero-order valence-corrected chi connectivity index (χ0v) is 8.80. The van der Waals surface area contributed by atoms with Gasteiger partial charge in [0.25, 0.3) is 0 Å². The molecular formula is C9H14N4O2. The van der Waals surface area contributed by atoms with Gasteiger partial charge in [0.15, 0.2) is 0 Å². The van der Waals surface area contributed by atoms with Crippen LogP contribution in [0, 0.1) is 23.0 Å². The highest BCUT2D eigenvalue weighted by atomic mass is 16.6. The summed E-state index contributed by atoms with van der Waals surface area (Å²) in [6, 6.07) is 0.243. The molecule has 2 rings (SSSR count). The number of aromatic nitrogens is 2. The summed E-state index contributed by atoms with van der Waals surface area (Å²) in [5.74, 6) is 0.854. The predicted octanol–water partition coefficient (Wildman–Crippen LogP) is 1.65. The van der Waals surface area contributed by atoms with Crippen molar-refractivity contribution in [2.45, 2.75) is 32.7 Å². The van der Waals surface area contributed by atoms with E-state index in [0.717, 1.165) is 12.8 Å². The molecule has 6 nitrogen and oxygen atoms in total. The van der Waals surface area contributed by atoms with Crippen LogP contribution in [0.15, 0.2) is 0 Å². The van der Waals surface area contributed by atoms with Crippen LogP contribution < -0.4 is 5.73 Å². The lowest BCUT2D eigenvalue weighted by Gasteiger charge is -2.32. The minimum absolute atomic E-state index is 0.0467. The Labute approximate surface area is 87.2 Å². The topological polar surface area (TPSA) is 87.0 Å². The SMILES string of the molecule is Cc1nn(C2CC(C)C2)c(N)c1[N+](=O)[O-]. The van der Waals surface area contributed by atoms with Gasteiger partial charge in [-0.25, -0.2) is 4.68 Å². The van der Waals surface area contributed by atoms with Crippen molar-refractivity contribution in [2.75, 3.05) is 5.73 Å². The van der Waals surface area contributed by atoms with Crippen LogP contribution in [-0.4, -0.2) is 14.7 Å². The van der Waals surface area contributed by atoms with Gasteiger partial charge in [0.05, 0.1) is 11.0 Å². The van der Waals surface area contributed by atoms with E-state index in [4.69, 9.17) is 5.73 Å². The Hall–Kier alpha value is -1.59. The Morgan fingerprint density at radius 1 is 1.60 bits per heavy atom. The van der Waals surface area contributed by atoms with Crippen LogP contribution in [0.4, 0.5) is 11.5 Å². The lowest BCUT2D eigenvalue weighted by molar-refractivity contribution is -0.384. The Morgan fingerprint density at radius 2 is 2.20 bits per heavy atom. The first kappa shape index (κ1) is 9.95. The fourth-order valence-corrected chi connectivity index (χ4v) is 2.12. The van der Waals surface area contributed by atoms with Crippen LogP contribution in [0.3, 0.4) is 0 Å². The van der Waals surface area contributed by atoms with Gasteiger partial charge in [0.1, 0.15) is 5.69 Å². The molecule has 2 N–H and O–H groups in total. The van der Waals surface area contributed by atoms with Gasteiger partial charge in [0.2, 0.25) is 5.82 Å². The summed E-state index contributed by atoms with van der Waals surface area (Å²) >= 11 is 0. The quantitative estimate of drug-likeness (QED) is 0.594. The molecule has 1 aromatic rings. The molecule has 1 aliphatic carbocycles. The molecule has 1 aromatic heterocycles. The summed E-state index contributed by atoms with van der Waals surface area (Å²) in [6.07, 6.45) is 2.00. The van der Waals surface area contributed by atoms with Crippen LogP contribution >= 0.6 is 0 Å². The third kappa shape index (κ3) is 1.45. The molecule has 1 saturated carbocycles. The second-order valence-electron chi connectivity index (χ2n) is 4.25. The van der Waals surface area contributed by atoms with Gasteiger partial charge >= 0.3 is 5.69 Å². The van der Waals surface area contributed by atoms with Crippen LogP contribution in [0.25, 0.3) is 0 Å². The Bertz CT molecular complexity index is 406. The van der Waals surface area contributed by atoms with E-state index >= 15 is 0 Å². The minimum atomic E-state index is -0.462. The van der Waals surface area contributed by atoms with Crippen molar-refractivity contribution < 1.29 is 4.92 Å². The monoisotopic (exact) mass is 210 g/mol. The first-order valence-electron chi connectivity index (χ1n) is 4.99. The number of hydrogen-bond donors (Lipinski definition) is 1. The van der Waals surface area contributed by atoms with Crippen LogP contribution in [-0.2, 0) is 0 Å². The van der Waals surface area contributed by atoms with E-state index in [2.05, 4.69) is 12.0 Å². The maximum Gasteiger partial charge on any atom is 0.333 e. The average molecular weight is 210 g/mol. The highest BCUT2D eigenvalue weighted by Crippen LogP contribution is 2.40. The van der Waals surface area contributed by atoms with E-state index in [1.54, 1.807) is 11.6 Å². The summed E-state index contributed by atoms with van der Waals surface area (Å²) in [6.45, 7) is 3.77. The van der Waals surface area contributed by atoms with Crippen molar-refractivity contribution >= 4 is 11.5 Å².